The molecule has 1 aromatic carbocycles. The minimum atomic E-state index is -4.86. The van der Waals surface area contributed by atoms with Crippen molar-refractivity contribution >= 4 is 5.97 Å². The normalized spacial score (nSPS) is 13.2. The van der Waals surface area contributed by atoms with Crippen LogP contribution >= 0.6 is 0 Å². The molecule has 4 nitrogen and oxygen atoms in total. The number of alkyl halides is 3. The summed E-state index contributed by atoms with van der Waals surface area (Å²) in [5, 5.41) is 18.1. The molecule has 0 aliphatic heterocycles. The Labute approximate surface area is 101 Å². The molecule has 0 heterocycles. The Morgan fingerprint density at radius 3 is 2.50 bits per heavy atom. The van der Waals surface area contributed by atoms with Gasteiger partial charge in [-0.15, -0.1) is 13.2 Å². The first kappa shape index (κ1) is 14.3. The molecule has 18 heavy (non-hydrogen) atoms. The SMILES string of the molecule is CCc1c(OC(F)(F)F)cccc1C(O)C(=O)O. The Balaban J connectivity index is 3.22. The Bertz CT molecular complexity index is 442. The Hall–Kier alpha value is -1.76. The molecule has 0 bridgehead atoms. The lowest BCUT2D eigenvalue weighted by molar-refractivity contribution is -0.274. The van der Waals surface area contributed by atoms with Crippen molar-refractivity contribution in [1.82, 2.24) is 0 Å². The molecular weight excluding hydrogens is 253 g/mol. The average molecular weight is 264 g/mol. The lowest BCUT2D eigenvalue weighted by atomic mass is 9.99. The molecule has 0 fully saturated rings. The van der Waals surface area contributed by atoms with E-state index in [1.54, 1.807) is 0 Å². The van der Waals surface area contributed by atoms with Crippen LogP contribution < -0.4 is 4.74 Å². The molecule has 7 heteroatoms. The number of ether oxygens (including phenoxy) is 1. The van der Waals surface area contributed by atoms with E-state index in [1.165, 1.54) is 19.1 Å². The molecule has 0 saturated carbocycles. The van der Waals surface area contributed by atoms with E-state index in [2.05, 4.69) is 4.74 Å². The Morgan fingerprint density at radius 1 is 1.44 bits per heavy atom. The van der Waals surface area contributed by atoms with Gasteiger partial charge < -0.3 is 14.9 Å². The fraction of sp³-hybridized carbons (Fsp3) is 0.364. The maximum absolute atomic E-state index is 12.1. The third-order valence-electron chi connectivity index (χ3n) is 2.28. The molecule has 0 aliphatic carbocycles. The maximum Gasteiger partial charge on any atom is 0.573 e. The van der Waals surface area contributed by atoms with Crippen LogP contribution in [0.1, 0.15) is 24.2 Å². The average Bonchev–Trinajstić information content (AvgIpc) is 2.25. The van der Waals surface area contributed by atoms with Crippen molar-refractivity contribution in [2.24, 2.45) is 0 Å². The largest absolute Gasteiger partial charge is 0.573 e. The second-order valence-corrected chi connectivity index (χ2v) is 3.47. The summed E-state index contributed by atoms with van der Waals surface area (Å²) in [4.78, 5) is 10.7. The van der Waals surface area contributed by atoms with Crippen molar-refractivity contribution < 1.29 is 32.9 Å². The van der Waals surface area contributed by atoms with E-state index in [-0.39, 0.29) is 17.5 Å². The van der Waals surface area contributed by atoms with Crippen molar-refractivity contribution in [2.75, 3.05) is 0 Å². The van der Waals surface area contributed by atoms with E-state index in [1.807, 2.05) is 0 Å². The van der Waals surface area contributed by atoms with Gasteiger partial charge in [-0.3, -0.25) is 0 Å². The number of halogens is 3. The molecule has 0 spiro atoms. The number of carbonyl (C=O) groups is 1. The van der Waals surface area contributed by atoms with Gasteiger partial charge in [0.05, 0.1) is 0 Å². The zero-order valence-electron chi connectivity index (χ0n) is 9.36. The first-order valence-corrected chi connectivity index (χ1v) is 5.04. The van der Waals surface area contributed by atoms with Gasteiger partial charge in [-0.2, -0.15) is 0 Å². The number of rotatable bonds is 4. The molecule has 1 unspecified atom stereocenters. The van der Waals surface area contributed by atoms with Gasteiger partial charge in [-0.25, -0.2) is 4.79 Å². The monoisotopic (exact) mass is 264 g/mol. The van der Waals surface area contributed by atoms with Crippen LogP contribution in [0.2, 0.25) is 0 Å². The van der Waals surface area contributed by atoms with Crippen molar-refractivity contribution in [3.05, 3.63) is 29.3 Å². The summed E-state index contributed by atoms with van der Waals surface area (Å²) in [6, 6.07) is 3.52. The van der Waals surface area contributed by atoms with Crippen LogP contribution in [0.3, 0.4) is 0 Å². The molecule has 2 N–H and O–H groups in total. The molecule has 1 rings (SSSR count). The van der Waals surface area contributed by atoms with Crippen LogP contribution in [0, 0.1) is 0 Å². The van der Waals surface area contributed by atoms with Crippen molar-refractivity contribution in [3.63, 3.8) is 0 Å². The van der Waals surface area contributed by atoms with Gasteiger partial charge in [0, 0.05) is 5.56 Å². The van der Waals surface area contributed by atoms with Crippen LogP contribution in [-0.2, 0) is 11.2 Å². The predicted octanol–water partition coefficient (Wildman–Crippen LogP) is 2.27. The highest BCUT2D eigenvalue weighted by Crippen LogP contribution is 2.31. The molecule has 100 valence electrons. The van der Waals surface area contributed by atoms with E-state index in [0.717, 1.165) is 6.07 Å². The van der Waals surface area contributed by atoms with Crippen molar-refractivity contribution in [2.45, 2.75) is 25.8 Å². The van der Waals surface area contributed by atoms with Gasteiger partial charge in [0.2, 0.25) is 0 Å². The van der Waals surface area contributed by atoms with Gasteiger partial charge in [0.1, 0.15) is 5.75 Å². The van der Waals surface area contributed by atoms with E-state index in [0.29, 0.717) is 0 Å². The van der Waals surface area contributed by atoms with Crippen LogP contribution in [0.15, 0.2) is 18.2 Å². The highest BCUT2D eigenvalue weighted by Gasteiger charge is 2.33. The minimum absolute atomic E-state index is 0.0183. The summed E-state index contributed by atoms with van der Waals surface area (Å²) >= 11 is 0. The highest BCUT2D eigenvalue weighted by atomic mass is 19.4. The van der Waals surface area contributed by atoms with E-state index in [9.17, 15) is 23.1 Å². The number of hydrogen-bond acceptors (Lipinski definition) is 3. The van der Waals surface area contributed by atoms with Crippen LogP contribution in [0.4, 0.5) is 13.2 Å². The zero-order valence-corrected chi connectivity index (χ0v) is 9.36. The highest BCUT2D eigenvalue weighted by molar-refractivity contribution is 5.75. The van der Waals surface area contributed by atoms with Gasteiger partial charge in [-0.1, -0.05) is 19.1 Å². The van der Waals surface area contributed by atoms with Crippen LogP contribution in [-0.4, -0.2) is 22.5 Å². The molecule has 0 aliphatic rings. The molecule has 1 atom stereocenters. The second kappa shape index (κ2) is 5.26. The molecular formula is C11H11F3O4. The lowest BCUT2D eigenvalue weighted by Gasteiger charge is -2.17. The van der Waals surface area contributed by atoms with Crippen LogP contribution in [0.5, 0.6) is 5.75 Å². The van der Waals surface area contributed by atoms with E-state index >= 15 is 0 Å². The number of carboxylic acid groups (broad SMARTS) is 1. The summed E-state index contributed by atoms with van der Waals surface area (Å²) in [5.74, 6) is -2.03. The Kier molecular flexibility index (Phi) is 4.18. The van der Waals surface area contributed by atoms with Crippen molar-refractivity contribution in [3.8, 4) is 5.75 Å². The van der Waals surface area contributed by atoms with Gasteiger partial charge in [0.25, 0.3) is 0 Å². The van der Waals surface area contributed by atoms with E-state index < -0.39 is 24.2 Å². The number of aliphatic hydroxyl groups is 1. The first-order chi connectivity index (χ1) is 8.26. The number of hydrogen-bond donors (Lipinski definition) is 2. The number of aliphatic hydroxyl groups excluding tert-OH is 1. The summed E-state index contributed by atoms with van der Waals surface area (Å²) in [6.45, 7) is 1.54. The molecule has 0 amide bonds. The van der Waals surface area contributed by atoms with Crippen molar-refractivity contribution in [1.29, 1.82) is 0 Å². The third-order valence-corrected chi connectivity index (χ3v) is 2.28. The third kappa shape index (κ3) is 3.36. The first-order valence-electron chi connectivity index (χ1n) is 5.04. The quantitative estimate of drug-likeness (QED) is 0.875. The smallest absolute Gasteiger partial charge is 0.479 e. The summed E-state index contributed by atoms with van der Waals surface area (Å²) in [5.41, 5.74) is -0.0866. The Morgan fingerprint density at radius 2 is 2.06 bits per heavy atom. The molecule has 0 saturated heterocycles. The fourth-order valence-electron chi connectivity index (χ4n) is 1.57. The predicted molar refractivity (Wildman–Crippen MR) is 55.1 cm³/mol. The molecule has 1 aromatic rings. The number of aliphatic carboxylic acids is 1. The van der Waals surface area contributed by atoms with Gasteiger partial charge in [0.15, 0.2) is 6.10 Å². The van der Waals surface area contributed by atoms with E-state index in [4.69, 9.17) is 5.11 Å². The lowest BCUT2D eigenvalue weighted by Crippen LogP contribution is -2.19. The fourth-order valence-corrected chi connectivity index (χ4v) is 1.57. The van der Waals surface area contributed by atoms with Crippen LogP contribution in [0.25, 0.3) is 0 Å². The standard InChI is InChI=1S/C11H11F3O4/c1-2-6-7(9(15)10(16)17)4-3-5-8(6)18-11(12,13)14/h3-5,9,15H,2H2,1H3,(H,16,17). The summed E-state index contributed by atoms with van der Waals surface area (Å²) in [7, 11) is 0. The molecule has 0 radical (unpaired) electrons. The zero-order chi connectivity index (χ0) is 13.9. The minimum Gasteiger partial charge on any atom is -0.479 e. The number of benzene rings is 1. The van der Waals surface area contributed by atoms with Gasteiger partial charge >= 0.3 is 12.3 Å². The number of carboxylic acids is 1. The topological polar surface area (TPSA) is 66.8 Å². The second-order valence-electron chi connectivity index (χ2n) is 3.47. The molecule has 0 aromatic heterocycles. The summed E-state index contributed by atoms with van der Waals surface area (Å²) < 4.78 is 40.2. The summed E-state index contributed by atoms with van der Waals surface area (Å²) in [6.07, 6.45) is -6.64. The maximum atomic E-state index is 12.1. The van der Waals surface area contributed by atoms with Gasteiger partial charge in [-0.05, 0) is 18.1 Å².